The van der Waals surface area contributed by atoms with Crippen LogP contribution in [0.1, 0.15) is 34.8 Å². The molecule has 2 fully saturated rings. The second-order valence-corrected chi connectivity index (χ2v) is 8.15. The van der Waals surface area contributed by atoms with Gasteiger partial charge in [-0.05, 0) is 56.2 Å². The summed E-state index contributed by atoms with van der Waals surface area (Å²) in [5, 5.41) is 0. The molecule has 2 aromatic rings. The molecule has 0 bridgehead atoms. The minimum atomic E-state index is -0.390. The molecule has 2 saturated heterocycles. The molecule has 0 aromatic heterocycles. The summed E-state index contributed by atoms with van der Waals surface area (Å²) in [6, 6.07) is 13.1. The Bertz CT molecular complexity index is 971. The summed E-state index contributed by atoms with van der Waals surface area (Å²) in [7, 11) is 0. The third-order valence-corrected chi connectivity index (χ3v) is 6.18. The first-order valence-electron chi connectivity index (χ1n) is 10.4. The number of nitrogens with zero attached hydrogens (tertiary/aromatic N) is 3. The molecule has 30 heavy (non-hydrogen) atoms. The Labute approximate surface area is 177 Å². The second-order valence-electron chi connectivity index (χ2n) is 8.15. The van der Waals surface area contributed by atoms with E-state index in [2.05, 4.69) is 9.80 Å². The van der Waals surface area contributed by atoms with Crippen molar-refractivity contribution in [3.8, 4) is 0 Å². The Morgan fingerprint density at radius 3 is 2.07 bits per heavy atom. The van der Waals surface area contributed by atoms with Crippen molar-refractivity contribution >= 4 is 29.0 Å². The van der Waals surface area contributed by atoms with Gasteiger partial charge in [0.25, 0.3) is 5.91 Å². The van der Waals surface area contributed by atoms with Gasteiger partial charge >= 0.3 is 0 Å². The molecule has 0 aliphatic carbocycles. The lowest BCUT2D eigenvalue weighted by Crippen LogP contribution is -2.52. The Morgan fingerprint density at radius 2 is 1.50 bits per heavy atom. The first kappa shape index (κ1) is 20.3. The SMILES string of the molecule is CC(=O)c1ccc(N2CCN([C@@H]3CC(=O)N(c4c(C)cccc4C)C3=O)CC2)cc1. The van der Waals surface area contributed by atoms with Crippen molar-refractivity contribution in [3.05, 3.63) is 59.2 Å². The van der Waals surface area contributed by atoms with Gasteiger partial charge < -0.3 is 4.90 Å². The van der Waals surface area contributed by atoms with Gasteiger partial charge in [-0.3, -0.25) is 19.3 Å². The molecule has 6 nitrogen and oxygen atoms in total. The number of hydrogen-bond donors (Lipinski definition) is 0. The van der Waals surface area contributed by atoms with Gasteiger partial charge in [0.05, 0.1) is 18.2 Å². The monoisotopic (exact) mass is 405 g/mol. The smallest absolute Gasteiger partial charge is 0.251 e. The Hall–Kier alpha value is -2.99. The highest BCUT2D eigenvalue weighted by Crippen LogP contribution is 2.31. The van der Waals surface area contributed by atoms with Crippen LogP contribution in [0.4, 0.5) is 11.4 Å². The lowest BCUT2D eigenvalue weighted by atomic mass is 10.1. The Morgan fingerprint density at radius 1 is 0.900 bits per heavy atom. The van der Waals surface area contributed by atoms with E-state index < -0.39 is 6.04 Å². The third-order valence-electron chi connectivity index (χ3n) is 6.18. The molecule has 0 radical (unpaired) electrons. The Balaban J connectivity index is 1.44. The fourth-order valence-corrected chi connectivity index (χ4v) is 4.49. The van der Waals surface area contributed by atoms with E-state index in [1.54, 1.807) is 6.92 Å². The predicted molar refractivity (Wildman–Crippen MR) is 117 cm³/mol. The van der Waals surface area contributed by atoms with E-state index in [4.69, 9.17) is 0 Å². The fraction of sp³-hybridized carbons (Fsp3) is 0.375. The minimum absolute atomic E-state index is 0.0595. The molecule has 2 aliphatic rings. The first-order valence-corrected chi connectivity index (χ1v) is 10.4. The normalized spacial score (nSPS) is 20.2. The third kappa shape index (κ3) is 3.63. The maximum absolute atomic E-state index is 13.2. The van der Waals surface area contributed by atoms with Gasteiger partial charge in [-0.25, -0.2) is 4.90 Å². The van der Waals surface area contributed by atoms with Crippen LogP contribution in [0, 0.1) is 13.8 Å². The maximum Gasteiger partial charge on any atom is 0.251 e. The zero-order valence-electron chi connectivity index (χ0n) is 17.7. The molecule has 2 heterocycles. The number of hydrogen-bond acceptors (Lipinski definition) is 5. The molecule has 156 valence electrons. The summed E-state index contributed by atoms with van der Waals surface area (Å²) in [5.74, 6) is -0.175. The van der Waals surface area contributed by atoms with Crippen molar-refractivity contribution in [1.82, 2.24) is 4.90 Å². The number of benzene rings is 2. The van der Waals surface area contributed by atoms with Crippen LogP contribution >= 0.6 is 0 Å². The molecule has 0 saturated carbocycles. The molecule has 0 unspecified atom stereocenters. The van der Waals surface area contributed by atoms with E-state index in [1.165, 1.54) is 4.90 Å². The molecule has 4 rings (SSSR count). The number of ketones is 1. The summed E-state index contributed by atoms with van der Waals surface area (Å²) >= 11 is 0. The molecule has 0 spiro atoms. The van der Waals surface area contributed by atoms with Crippen LogP contribution in [0.5, 0.6) is 0 Å². The molecule has 6 heteroatoms. The van der Waals surface area contributed by atoms with Crippen molar-refractivity contribution in [2.24, 2.45) is 0 Å². The van der Waals surface area contributed by atoms with E-state index in [-0.39, 0.29) is 24.0 Å². The van der Waals surface area contributed by atoms with E-state index in [9.17, 15) is 14.4 Å². The number of Topliss-reactive ketones (excluding diaryl/α,β-unsaturated/α-hetero) is 1. The van der Waals surface area contributed by atoms with E-state index >= 15 is 0 Å². The highest BCUT2D eigenvalue weighted by molar-refractivity contribution is 6.23. The summed E-state index contributed by atoms with van der Waals surface area (Å²) in [4.78, 5) is 43.2. The van der Waals surface area contributed by atoms with Crippen molar-refractivity contribution in [2.45, 2.75) is 33.2 Å². The number of amides is 2. The minimum Gasteiger partial charge on any atom is -0.369 e. The van der Waals surface area contributed by atoms with Crippen LogP contribution in [0.2, 0.25) is 0 Å². The van der Waals surface area contributed by atoms with Crippen molar-refractivity contribution in [3.63, 3.8) is 0 Å². The number of imide groups is 1. The fourth-order valence-electron chi connectivity index (χ4n) is 4.49. The van der Waals surface area contributed by atoms with Gasteiger partial charge in [0.1, 0.15) is 0 Å². The van der Waals surface area contributed by atoms with Crippen molar-refractivity contribution in [1.29, 1.82) is 0 Å². The Kier molecular flexibility index (Phi) is 5.43. The van der Waals surface area contributed by atoms with Gasteiger partial charge in [-0.2, -0.15) is 0 Å². The largest absolute Gasteiger partial charge is 0.369 e. The molecule has 2 aliphatic heterocycles. The molecule has 2 amide bonds. The highest BCUT2D eigenvalue weighted by Gasteiger charge is 2.44. The number of piperazine rings is 1. The molecule has 2 aromatic carbocycles. The molecule has 0 N–H and O–H groups in total. The quantitative estimate of drug-likeness (QED) is 0.578. The zero-order valence-corrected chi connectivity index (χ0v) is 17.7. The van der Waals surface area contributed by atoms with Gasteiger partial charge in [-0.15, -0.1) is 0 Å². The average molecular weight is 405 g/mol. The topological polar surface area (TPSA) is 60.9 Å². The van der Waals surface area contributed by atoms with Crippen LogP contribution in [0.25, 0.3) is 0 Å². The first-order chi connectivity index (χ1) is 14.4. The van der Waals surface area contributed by atoms with Crippen molar-refractivity contribution in [2.75, 3.05) is 36.0 Å². The maximum atomic E-state index is 13.2. The van der Waals surface area contributed by atoms with Crippen molar-refractivity contribution < 1.29 is 14.4 Å². The van der Waals surface area contributed by atoms with E-state index in [0.717, 1.165) is 48.7 Å². The number of carbonyl (C=O) groups excluding carboxylic acids is 3. The molecular weight excluding hydrogens is 378 g/mol. The van der Waals surface area contributed by atoms with Crippen LogP contribution in [0.15, 0.2) is 42.5 Å². The van der Waals surface area contributed by atoms with E-state index in [0.29, 0.717) is 5.56 Å². The lowest BCUT2D eigenvalue weighted by molar-refractivity contribution is -0.123. The van der Waals surface area contributed by atoms with Gasteiger partial charge in [0.15, 0.2) is 5.78 Å². The number of carbonyl (C=O) groups is 3. The zero-order chi connectivity index (χ0) is 21.4. The van der Waals surface area contributed by atoms with Crippen LogP contribution < -0.4 is 9.80 Å². The van der Waals surface area contributed by atoms with Gasteiger partial charge in [0, 0.05) is 37.4 Å². The number of anilines is 2. The molecular formula is C24H27N3O3. The summed E-state index contributed by atoms with van der Waals surface area (Å²) in [6.45, 7) is 8.44. The average Bonchev–Trinajstić information content (AvgIpc) is 3.02. The van der Waals surface area contributed by atoms with Crippen LogP contribution in [-0.2, 0) is 9.59 Å². The van der Waals surface area contributed by atoms with Crippen LogP contribution in [0.3, 0.4) is 0 Å². The van der Waals surface area contributed by atoms with Gasteiger partial charge in [0.2, 0.25) is 5.91 Å². The standard InChI is InChI=1S/C24H27N3O3/c1-16-5-4-6-17(2)23(16)27-22(29)15-21(24(27)30)26-13-11-25(12-14-26)20-9-7-19(8-10-20)18(3)28/h4-10,21H,11-15H2,1-3H3/t21-/m1/s1. The lowest BCUT2D eigenvalue weighted by Gasteiger charge is -2.38. The van der Waals surface area contributed by atoms with Crippen LogP contribution in [-0.4, -0.2) is 54.7 Å². The summed E-state index contributed by atoms with van der Waals surface area (Å²) < 4.78 is 0. The number of aryl methyl sites for hydroxylation is 2. The number of rotatable bonds is 4. The molecule has 1 atom stereocenters. The summed E-state index contributed by atoms with van der Waals surface area (Å²) in [5.41, 5.74) is 4.40. The van der Waals surface area contributed by atoms with Gasteiger partial charge in [-0.1, -0.05) is 18.2 Å². The predicted octanol–water partition coefficient (Wildman–Crippen LogP) is 2.96. The second kappa shape index (κ2) is 8.03. The summed E-state index contributed by atoms with van der Waals surface area (Å²) in [6.07, 6.45) is 0.236. The highest BCUT2D eigenvalue weighted by atomic mass is 16.2. The van der Waals surface area contributed by atoms with E-state index in [1.807, 2.05) is 56.3 Å². The number of para-hydroxylation sites is 1.